The molecule has 5 nitrogen and oxygen atoms in total. The number of ether oxygens (including phenoxy) is 2. The lowest BCUT2D eigenvalue weighted by Crippen LogP contribution is -2.50. The van der Waals surface area contributed by atoms with Crippen LogP contribution in [0, 0.1) is 5.41 Å². The van der Waals surface area contributed by atoms with Crippen LogP contribution >= 0.6 is 0 Å². The van der Waals surface area contributed by atoms with E-state index in [1.54, 1.807) is 0 Å². The first-order valence-corrected chi connectivity index (χ1v) is 7.85. The van der Waals surface area contributed by atoms with Crippen LogP contribution in [0.2, 0.25) is 0 Å². The lowest BCUT2D eigenvalue weighted by atomic mass is 9.85. The van der Waals surface area contributed by atoms with Gasteiger partial charge in [-0.2, -0.15) is 0 Å². The van der Waals surface area contributed by atoms with Crippen LogP contribution in [0.3, 0.4) is 0 Å². The Kier molecular flexibility index (Phi) is 5.81. The molecule has 1 atom stereocenters. The summed E-state index contributed by atoms with van der Waals surface area (Å²) in [7, 11) is 2.11. The van der Waals surface area contributed by atoms with E-state index in [2.05, 4.69) is 24.2 Å². The minimum atomic E-state index is -0.578. The molecular formula is C15H30N2O3. The zero-order valence-electron chi connectivity index (χ0n) is 13.0. The lowest BCUT2D eigenvalue weighted by molar-refractivity contribution is -0.0804. The summed E-state index contributed by atoms with van der Waals surface area (Å²) in [5, 5.41) is 14.1. The summed E-state index contributed by atoms with van der Waals surface area (Å²) in [6, 6.07) is 0. The van der Waals surface area contributed by atoms with Crippen LogP contribution in [0.25, 0.3) is 0 Å². The third-order valence-electron chi connectivity index (χ3n) is 4.53. The van der Waals surface area contributed by atoms with Crippen molar-refractivity contribution in [2.45, 2.75) is 31.8 Å². The molecule has 0 aromatic carbocycles. The second-order valence-corrected chi connectivity index (χ2v) is 6.59. The Labute approximate surface area is 122 Å². The molecule has 2 aliphatic rings. The van der Waals surface area contributed by atoms with Gasteiger partial charge in [-0.15, -0.1) is 0 Å². The molecule has 2 fully saturated rings. The quantitative estimate of drug-likeness (QED) is 0.713. The predicted octanol–water partition coefficient (Wildman–Crippen LogP) is 0.476. The highest BCUT2D eigenvalue weighted by molar-refractivity contribution is 4.91. The summed E-state index contributed by atoms with van der Waals surface area (Å²) in [5.41, 5.74) is -0.377. The van der Waals surface area contributed by atoms with E-state index in [0.717, 1.165) is 58.7 Å². The van der Waals surface area contributed by atoms with Gasteiger partial charge < -0.3 is 24.8 Å². The van der Waals surface area contributed by atoms with E-state index >= 15 is 0 Å². The Hall–Kier alpha value is -0.200. The Morgan fingerprint density at radius 3 is 2.40 bits per heavy atom. The van der Waals surface area contributed by atoms with Crippen molar-refractivity contribution < 1.29 is 14.6 Å². The van der Waals surface area contributed by atoms with Gasteiger partial charge >= 0.3 is 0 Å². The highest BCUT2D eigenvalue weighted by Gasteiger charge is 2.38. The molecule has 0 aliphatic carbocycles. The number of likely N-dealkylation sites (N-methyl/N-ethyl adjacent to an activating group) is 1. The molecule has 2 N–H and O–H groups in total. The monoisotopic (exact) mass is 286 g/mol. The Morgan fingerprint density at radius 2 is 1.80 bits per heavy atom. The number of rotatable bonds is 7. The van der Waals surface area contributed by atoms with E-state index in [4.69, 9.17) is 9.47 Å². The van der Waals surface area contributed by atoms with Crippen LogP contribution in [0.1, 0.15) is 26.2 Å². The average Bonchev–Trinajstić information content (AvgIpc) is 2.85. The molecule has 0 saturated carbocycles. The number of nitrogens with zero attached hydrogens (tertiary/aromatic N) is 1. The molecule has 0 aromatic rings. The molecule has 2 heterocycles. The lowest BCUT2D eigenvalue weighted by Gasteiger charge is -2.39. The molecule has 118 valence electrons. The van der Waals surface area contributed by atoms with Crippen molar-refractivity contribution in [2.75, 3.05) is 59.7 Å². The summed E-state index contributed by atoms with van der Waals surface area (Å²) in [5.74, 6) is 0. The highest BCUT2D eigenvalue weighted by atomic mass is 16.5. The number of nitrogens with one attached hydrogen (secondary N) is 1. The molecule has 1 unspecified atom stereocenters. The summed E-state index contributed by atoms with van der Waals surface area (Å²) < 4.78 is 11.0. The largest absolute Gasteiger partial charge is 0.388 e. The maximum absolute atomic E-state index is 10.6. The van der Waals surface area contributed by atoms with Gasteiger partial charge in [0.2, 0.25) is 0 Å². The summed E-state index contributed by atoms with van der Waals surface area (Å²) in [4.78, 5) is 2.28. The Balaban J connectivity index is 1.86. The topological polar surface area (TPSA) is 54.0 Å². The first-order chi connectivity index (χ1) is 9.58. The van der Waals surface area contributed by atoms with Crippen molar-refractivity contribution >= 4 is 0 Å². The third kappa shape index (κ3) is 4.40. The van der Waals surface area contributed by atoms with Crippen molar-refractivity contribution in [1.29, 1.82) is 0 Å². The van der Waals surface area contributed by atoms with E-state index in [0.29, 0.717) is 13.2 Å². The molecule has 2 saturated heterocycles. The van der Waals surface area contributed by atoms with Crippen molar-refractivity contribution in [3.05, 3.63) is 0 Å². The van der Waals surface area contributed by atoms with Gasteiger partial charge in [-0.25, -0.2) is 0 Å². The minimum Gasteiger partial charge on any atom is -0.388 e. The zero-order chi connectivity index (χ0) is 14.5. The second-order valence-electron chi connectivity index (χ2n) is 6.59. The van der Waals surface area contributed by atoms with Gasteiger partial charge in [0.15, 0.2) is 0 Å². The highest BCUT2D eigenvalue weighted by Crippen LogP contribution is 2.30. The molecule has 0 bridgehead atoms. The van der Waals surface area contributed by atoms with Crippen molar-refractivity contribution in [1.82, 2.24) is 10.2 Å². The molecule has 2 aliphatic heterocycles. The van der Waals surface area contributed by atoms with E-state index in [1.807, 2.05) is 0 Å². The van der Waals surface area contributed by atoms with Gasteiger partial charge in [-0.05, 0) is 20.0 Å². The third-order valence-corrected chi connectivity index (χ3v) is 4.53. The van der Waals surface area contributed by atoms with Gasteiger partial charge in [0.1, 0.15) is 0 Å². The average molecular weight is 286 g/mol. The van der Waals surface area contributed by atoms with Gasteiger partial charge in [0.25, 0.3) is 0 Å². The molecule has 2 rings (SSSR count). The van der Waals surface area contributed by atoms with Gasteiger partial charge in [0.05, 0.1) is 12.2 Å². The van der Waals surface area contributed by atoms with Crippen LogP contribution in [0.5, 0.6) is 0 Å². The Bertz CT molecular complexity index is 287. The summed E-state index contributed by atoms with van der Waals surface area (Å²) in [6.07, 6.45) is 2.59. The minimum absolute atomic E-state index is 0.201. The van der Waals surface area contributed by atoms with E-state index < -0.39 is 5.60 Å². The predicted molar refractivity (Wildman–Crippen MR) is 78.9 cm³/mol. The van der Waals surface area contributed by atoms with Crippen LogP contribution < -0.4 is 5.32 Å². The standard InChI is InChI=1S/C15H30N2O3/c1-3-16-10-14(4-7-20-13-14)11-17(2)12-15(18)5-8-19-9-6-15/h16,18H,3-13H2,1-2H3. The van der Waals surface area contributed by atoms with Crippen LogP contribution in [-0.4, -0.2) is 75.3 Å². The van der Waals surface area contributed by atoms with E-state index in [1.165, 1.54) is 0 Å². The van der Waals surface area contributed by atoms with Crippen LogP contribution in [0.15, 0.2) is 0 Å². The molecule has 0 amide bonds. The first kappa shape index (κ1) is 16.2. The number of hydrogen-bond donors (Lipinski definition) is 2. The fourth-order valence-corrected chi connectivity index (χ4v) is 3.40. The fourth-order valence-electron chi connectivity index (χ4n) is 3.40. The number of hydrogen-bond acceptors (Lipinski definition) is 5. The number of aliphatic hydroxyl groups is 1. The molecule has 0 radical (unpaired) electrons. The van der Waals surface area contributed by atoms with Gasteiger partial charge in [0, 0.05) is 57.7 Å². The van der Waals surface area contributed by atoms with E-state index in [9.17, 15) is 5.11 Å². The summed E-state index contributed by atoms with van der Waals surface area (Å²) in [6.45, 7) is 8.86. The van der Waals surface area contributed by atoms with Gasteiger partial charge in [-0.3, -0.25) is 0 Å². The molecule has 5 heteroatoms. The second kappa shape index (κ2) is 7.18. The maximum Gasteiger partial charge on any atom is 0.0817 e. The fraction of sp³-hybridized carbons (Fsp3) is 1.00. The van der Waals surface area contributed by atoms with Crippen LogP contribution in [0.4, 0.5) is 0 Å². The first-order valence-electron chi connectivity index (χ1n) is 7.85. The molecule has 0 aromatic heterocycles. The maximum atomic E-state index is 10.6. The van der Waals surface area contributed by atoms with E-state index in [-0.39, 0.29) is 5.41 Å². The molecule has 20 heavy (non-hydrogen) atoms. The zero-order valence-corrected chi connectivity index (χ0v) is 13.0. The van der Waals surface area contributed by atoms with Crippen molar-refractivity contribution in [2.24, 2.45) is 5.41 Å². The summed E-state index contributed by atoms with van der Waals surface area (Å²) >= 11 is 0. The van der Waals surface area contributed by atoms with Crippen molar-refractivity contribution in [3.63, 3.8) is 0 Å². The van der Waals surface area contributed by atoms with Crippen molar-refractivity contribution in [3.8, 4) is 0 Å². The van der Waals surface area contributed by atoms with Crippen LogP contribution in [-0.2, 0) is 9.47 Å². The molecular weight excluding hydrogens is 256 g/mol. The molecule has 0 spiro atoms. The Morgan fingerprint density at radius 1 is 1.10 bits per heavy atom. The van der Waals surface area contributed by atoms with Gasteiger partial charge in [-0.1, -0.05) is 6.92 Å². The normalized spacial score (nSPS) is 30.0. The smallest absolute Gasteiger partial charge is 0.0817 e. The SMILES string of the molecule is CCNCC1(CN(C)CC2(O)CCOCC2)CCOC1.